The highest BCUT2D eigenvalue weighted by atomic mass is 16.6. The van der Waals surface area contributed by atoms with Crippen molar-refractivity contribution in [2.45, 2.75) is 18.2 Å². The summed E-state index contributed by atoms with van der Waals surface area (Å²) < 4.78 is 16.2. The van der Waals surface area contributed by atoms with E-state index in [0.29, 0.717) is 36.7 Å². The molecule has 1 heterocycles. The summed E-state index contributed by atoms with van der Waals surface area (Å²) in [6, 6.07) is 11.8. The van der Waals surface area contributed by atoms with Crippen LogP contribution in [0.3, 0.4) is 0 Å². The number of hydrogen-bond acceptors (Lipinski definition) is 7. The highest BCUT2D eigenvalue weighted by Crippen LogP contribution is 2.33. The lowest BCUT2D eigenvalue weighted by Gasteiger charge is -2.30. The van der Waals surface area contributed by atoms with Crippen LogP contribution in [0.15, 0.2) is 48.5 Å². The number of ether oxygens (including phenoxy) is 3. The number of imide groups is 1. The zero-order valence-electron chi connectivity index (χ0n) is 16.1. The second-order valence-electron chi connectivity index (χ2n) is 6.61. The van der Waals surface area contributed by atoms with Gasteiger partial charge in [-0.05, 0) is 23.3 Å². The van der Waals surface area contributed by atoms with Gasteiger partial charge < -0.3 is 25.1 Å². The van der Waals surface area contributed by atoms with E-state index in [1.165, 1.54) is 7.11 Å². The Kier molecular flexibility index (Phi) is 6.82. The van der Waals surface area contributed by atoms with E-state index in [2.05, 4.69) is 0 Å². The number of hydrogen-bond donors (Lipinski definition) is 2. The molecule has 0 fully saturated rings. The summed E-state index contributed by atoms with van der Waals surface area (Å²) in [5.41, 5.74) is 7.16. The number of nitrogens with two attached hydrogens (primary N) is 1. The van der Waals surface area contributed by atoms with Gasteiger partial charge >= 0.3 is 0 Å². The minimum absolute atomic E-state index is 0.0985. The van der Waals surface area contributed by atoms with Gasteiger partial charge in [-0.25, -0.2) is 0 Å². The molecular weight excluding hydrogens is 376 g/mol. The van der Waals surface area contributed by atoms with E-state index in [0.717, 1.165) is 10.5 Å². The normalized spacial score (nSPS) is 15.8. The van der Waals surface area contributed by atoms with Gasteiger partial charge in [-0.3, -0.25) is 14.5 Å². The van der Waals surface area contributed by atoms with E-state index in [-0.39, 0.29) is 6.61 Å². The van der Waals surface area contributed by atoms with Crippen LogP contribution in [0.5, 0.6) is 11.5 Å². The summed E-state index contributed by atoms with van der Waals surface area (Å²) in [7, 11) is 1.48. The average Bonchev–Trinajstić information content (AvgIpc) is 2.78. The van der Waals surface area contributed by atoms with Crippen molar-refractivity contribution in [3.63, 3.8) is 0 Å². The van der Waals surface area contributed by atoms with Crippen LogP contribution >= 0.6 is 0 Å². The highest BCUT2D eigenvalue weighted by molar-refractivity contribution is 5.91. The van der Waals surface area contributed by atoms with Gasteiger partial charge in [0, 0.05) is 7.11 Å². The number of amides is 2. The Labute approximate surface area is 168 Å². The van der Waals surface area contributed by atoms with Gasteiger partial charge in [0.15, 0.2) is 11.5 Å². The fraction of sp³-hybridized carbons (Fsp3) is 0.333. The third kappa shape index (κ3) is 4.56. The Balaban J connectivity index is 1.81. The molecule has 0 aromatic heterocycles. The fourth-order valence-electron chi connectivity index (χ4n) is 3.21. The number of methoxy groups -OCH3 is 1. The molecule has 0 saturated heterocycles. The van der Waals surface area contributed by atoms with Crippen molar-refractivity contribution in [2.24, 2.45) is 5.73 Å². The standard InChI is InChI=1S/C21H24N2O6/c1-27-12-16(14-5-3-2-4-6-14)23(13-24)21(26)19(22)20(25)15-7-8-17-18(11-15)29-10-9-28-17/h2-8,11,13,16,19-20,25H,9-10,12,22H2,1H3. The molecule has 2 aromatic carbocycles. The smallest absolute Gasteiger partial charge is 0.249 e. The summed E-state index contributed by atoms with van der Waals surface area (Å²) in [6.07, 6.45) is -0.921. The largest absolute Gasteiger partial charge is 0.486 e. The maximum Gasteiger partial charge on any atom is 0.249 e. The van der Waals surface area contributed by atoms with Crippen LogP contribution < -0.4 is 15.2 Å². The molecule has 0 bridgehead atoms. The molecule has 29 heavy (non-hydrogen) atoms. The number of aliphatic hydroxyl groups excluding tert-OH is 1. The number of rotatable bonds is 8. The van der Waals surface area contributed by atoms with E-state index in [1.807, 2.05) is 6.07 Å². The Bertz CT molecular complexity index is 844. The number of benzene rings is 2. The van der Waals surface area contributed by atoms with Crippen molar-refractivity contribution in [1.82, 2.24) is 4.90 Å². The van der Waals surface area contributed by atoms with Crippen LogP contribution in [0.4, 0.5) is 0 Å². The number of fused-ring (bicyclic) bond motifs is 1. The third-order valence-corrected chi connectivity index (χ3v) is 4.75. The average molecular weight is 400 g/mol. The van der Waals surface area contributed by atoms with E-state index in [9.17, 15) is 14.7 Å². The lowest BCUT2D eigenvalue weighted by atomic mass is 9.99. The van der Waals surface area contributed by atoms with Crippen LogP contribution in [-0.2, 0) is 14.3 Å². The lowest BCUT2D eigenvalue weighted by Crippen LogP contribution is -2.48. The minimum Gasteiger partial charge on any atom is -0.486 e. The van der Waals surface area contributed by atoms with Gasteiger partial charge in [-0.2, -0.15) is 0 Å². The first-order valence-electron chi connectivity index (χ1n) is 9.21. The maximum absolute atomic E-state index is 13.0. The number of nitrogens with zero attached hydrogens (tertiary/aromatic N) is 1. The predicted octanol–water partition coefficient (Wildman–Crippen LogP) is 1.19. The Morgan fingerprint density at radius 1 is 1.17 bits per heavy atom. The Morgan fingerprint density at radius 3 is 2.52 bits per heavy atom. The van der Waals surface area contributed by atoms with Crippen molar-refractivity contribution in [3.8, 4) is 11.5 Å². The molecule has 154 valence electrons. The molecule has 1 aliphatic rings. The number of aliphatic hydroxyl groups is 1. The van der Waals surface area contributed by atoms with E-state index < -0.39 is 24.1 Å². The molecule has 1 aliphatic heterocycles. The van der Waals surface area contributed by atoms with Crippen LogP contribution in [0.2, 0.25) is 0 Å². The van der Waals surface area contributed by atoms with Crippen LogP contribution in [0, 0.1) is 0 Å². The third-order valence-electron chi connectivity index (χ3n) is 4.75. The second-order valence-corrected chi connectivity index (χ2v) is 6.61. The monoisotopic (exact) mass is 400 g/mol. The second kappa shape index (κ2) is 9.51. The molecule has 0 spiro atoms. The zero-order chi connectivity index (χ0) is 20.8. The molecule has 3 rings (SSSR count). The van der Waals surface area contributed by atoms with Crippen molar-refractivity contribution in [2.75, 3.05) is 26.9 Å². The van der Waals surface area contributed by atoms with Crippen molar-refractivity contribution in [1.29, 1.82) is 0 Å². The SMILES string of the molecule is COCC(c1ccccc1)N(C=O)C(=O)C(N)C(O)c1ccc2c(c1)OCCO2. The zero-order valence-corrected chi connectivity index (χ0v) is 16.1. The van der Waals surface area contributed by atoms with Crippen molar-refractivity contribution in [3.05, 3.63) is 59.7 Å². The molecule has 3 atom stereocenters. The molecule has 3 unspecified atom stereocenters. The summed E-state index contributed by atoms with van der Waals surface area (Å²) in [4.78, 5) is 25.7. The lowest BCUT2D eigenvalue weighted by molar-refractivity contribution is -0.145. The fourth-order valence-corrected chi connectivity index (χ4v) is 3.21. The molecule has 8 nitrogen and oxygen atoms in total. The van der Waals surface area contributed by atoms with Crippen LogP contribution in [0.25, 0.3) is 0 Å². The minimum atomic E-state index is -1.36. The van der Waals surface area contributed by atoms with Gasteiger partial charge in [0.2, 0.25) is 12.3 Å². The predicted molar refractivity (Wildman–Crippen MR) is 104 cm³/mol. The molecule has 0 radical (unpaired) electrons. The van der Waals surface area contributed by atoms with E-state index >= 15 is 0 Å². The first kappa shape index (κ1) is 20.8. The van der Waals surface area contributed by atoms with Gasteiger partial charge in [0.1, 0.15) is 25.4 Å². The van der Waals surface area contributed by atoms with Gasteiger partial charge in [0.25, 0.3) is 0 Å². The Morgan fingerprint density at radius 2 is 1.86 bits per heavy atom. The summed E-state index contributed by atoms with van der Waals surface area (Å²) in [5, 5.41) is 10.7. The summed E-state index contributed by atoms with van der Waals surface area (Å²) >= 11 is 0. The summed E-state index contributed by atoms with van der Waals surface area (Å²) in [5.74, 6) is 0.320. The van der Waals surface area contributed by atoms with Gasteiger partial charge in [0.05, 0.1) is 12.6 Å². The van der Waals surface area contributed by atoms with E-state index in [4.69, 9.17) is 19.9 Å². The van der Waals surface area contributed by atoms with Gasteiger partial charge in [-0.15, -0.1) is 0 Å². The number of carbonyl (C=O) groups is 2. The molecule has 2 amide bonds. The van der Waals surface area contributed by atoms with Gasteiger partial charge in [-0.1, -0.05) is 36.4 Å². The molecular formula is C21H24N2O6. The maximum atomic E-state index is 13.0. The number of carbonyl (C=O) groups excluding carboxylic acids is 2. The Hall–Kier alpha value is -2.94. The van der Waals surface area contributed by atoms with Crippen LogP contribution in [-0.4, -0.2) is 55.3 Å². The molecule has 0 aliphatic carbocycles. The molecule has 2 aromatic rings. The van der Waals surface area contributed by atoms with Crippen LogP contribution in [0.1, 0.15) is 23.3 Å². The highest BCUT2D eigenvalue weighted by Gasteiger charge is 2.33. The topological polar surface area (TPSA) is 111 Å². The van der Waals surface area contributed by atoms with Crippen molar-refractivity contribution >= 4 is 12.3 Å². The molecule has 8 heteroatoms. The van der Waals surface area contributed by atoms with E-state index in [1.54, 1.807) is 42.5 Å². The molecule has 0 saturated carbocycles. The molecule has 3 N–H and O–H groups in total. The summed E-state index contributed by atoms with van der Waals surface area (Å²) in [6.45, 7) is 0.940. The first-order valence-corrected chi connectivity index (χ1v) is 9.21. The quantitative estimate of drug-likeness (QED) is 0.640. The van der Waals surface area contributed by atoms with Crippen molar-refractivity contribution < 1.29 is 28.9 Å². The first-order chi connectivity index (χ1) is 14.1.